The molecule has 38 heavy (non-hydrogen) atoms. The van der Waals surface area contributed by atoms with E-state index in [-0.39, 0.29) is 23.7 Å². The van der Waals surface area contributed by atoms with E-state index in [1.807, 2.05) is 56.0 Å². The standard InChI is InChI=1S/C30H40FN3O4/c1-4-30(38-26-14-12-22(13-15-26)23-9-7-11-25(31)19-23)24(10-8-18-34(30)29(36)37-21(2)3)20-27(32)28(35)33-16-5-6-17-33/h7,9,11-15,19,21,24,27H,4-6,8,10,16-18,20,32H2,1-3H3. The first-order chi connectivity index (χ1) is 18.2. The largest absolute Gasteiger partial charge is 0.468 e. The van der Waals surface area contributed by atoms with Gasteiger partial charge in [-0.1, -0.05) is 31.2 Å². The van der Waals surface area contributed by atoms with Crippen molar-refractivity contribution in [3.8, 4) is 16.9 Å². The minimum Gasteiger partial charge on any atom is -0.468 e. The topological polar surface area (TPSA) is 85.1 Å². The van der Waals surface area contributed by atoms with Crippen LogP contribution in [0.3, 0.4) is 0 Å². The fraction of sp³-hybridized carbons (Fsp3) is 0.533. The minimum absolute atomic E-state index is 0.0335. The first-order valence-electron chi connectivity index (χ1n) is 13.8. The summed E-state index contributed by atoms with van der Waals surface area (Å²) in [6, 6.07) is 13.2. The third kappa shape index (κ3) is 6.12. The van der Waals surface area contributed by atoms with Gasteiger partial charge in [0.05, 0.1) is 12.1 Å². The normalized spacial score (nSPS) is 22.4. The van der Waals surface area contributed by atoms with E-state index in [1.54, 1.807) is 11.0 Å². The highest BCUT2D eigenvalue weighted by Crippen LogP contribution is 2.42. The number of nitrogens with zero attached hydrogens (tertiary/aromatic N) is 2. The number of carbonyl (C=O) groups is 2. The number of hydrogen-bond acceptors (Lipinski definition) is 5. The quantitative estimate of drug-likeness (QED) is 0.487. The maximum atomic E-state index is 13.7. The molecule has 2 aromatic rings. The molecule has 3 atom stereocenters. The highest BCUT2D eigenvalue weighted by Gasteiger charge is 2.51. The van der Waals surface area contributed by atoms with Gasteiger partial charge in [-0.3, -0.25) is 9.69 Å². The van der Waals surface area contributed by atoms with E-state index in [0.717, 1.165) is 49.9 Å². The summed E-state index contributed by atoms with van der Waals surface area (Å²) in [5.74, 6) is 0.0943. The predicted octanol–water partition coefficient (Wildman–Crippen LogP) is 5.57. The van der Waals surface area contributed by atoms with Crippen LogP contribution < -0.4 is 10.5 Å². The van der Waals surface area contributed by atoms with E-state index in [1.165, 1.54) is 12.1 Å². The number of nitrogens with two attached hydrogens (primary N) is 1. The second-order valence-electron chi connectivity index (χ2n) is 10.6. The molecule has 2 amide bonds. The van der Waals surface area contributed by atoms with E-state index < -0.39 is 17.9 Å². The smallest absolute Gasteiger partial charge is 0.413 e. The van der Waals surface area contributed by atoms with E-state index in [0.29, 0.717) is 25.1 Å². The number of hydrogen-bond donors (Lipinski definition) is 1. The van der Waals surface area contributed by atoms with Crippen LogP contribution in [0.2, 0.25) is 0 Å². The van der Waals surface area contributed by atoms with Gasteiger partial charge in [0, 0.05) is 32.0 Å². The maximum Gasteiger partial charge on any atom is 0.413 e. The van der Waals surface area contributed by atoms with Crippen molar-refractivity contribution in [2.45, 2.75) is 77.2 Å². The Hall–Kier alpha value is -3.13. The summed E-state index contributed by atoms with van der Waals surface area (Å²) in [5.41, 5.74) is 7.09. The summed E-state index contributed by atoms with van der Waals surface area (Å²) in [7, 11) is 0. The Labute approximate surface area is 225 Å². The average molecular weight is 526 g/mol. The molecule has 0 aromatic heterocycles. The zero-order valence-electron chi connectivity index (χ0n) is 22.7. The fourth-order valence-corrected chi connectivity index (χ4v) is 5.80. The van der Waals surface area contributed by atoms with Crippen molar-refractivity contribution in [2.24, 2.45) is 11.7 Å². The first-order valence-corrected chi connectivity index (χ1v) is 13.8. The van der Waals surface area contributed by atoms with Crippen LogP contribution in [0.25, 0.3) is 11.1 Å². The van der Waals surface area contributed by atoms with Crippen LogP contribution in [0.5, 0.6) is 5.75 Å². The SMILES string of the molecule is CCC1(Oc2ccc(-c3cccc(F)c3)cc2)C(CC(N)C(=O)N2CCCC2)CCCN1C(=O)OC(C)C. The monoisotopic (exact) mass is 525 g/mol. The Morgan fingerprint density at radius 1 is 1.05 bits per heavy atom. The summed E-state index contributed by atoms with van der Waals surface area (Å²) in [5, 5.41) is 0. The summed E-state index contributed by atoms with van der Waals surface area (Å²) < 4.78 is 26.1. The average Bonchev–Trinajstić information content (AvgIpc) is 3.44. The van der Waals surface area contributed by atoms with Gasteiger partial charge in [-0.2, -0.15) is 0 Å². The van der Waals surface area contributed by atoms with Crippen molar-refractivity contribution in [1.82, 2.24) is 9.80 Å². The van der Waals surface area contributed by atoms with E-state index in [9.17, 15) is 14.0 Å². The molecule has 2 fully saturated rings. The van der Waals surface area contributed by atoms with Crippen molar-refractivity contribution in [3.63, 3.8) is 0 Å². The van der Waals surface area contributed by atoms with Crippen molar-refractivity contribution < 1.29 is 23.5 Å². The van der Waals surface area contributed by atoms with Crippen LogP contribution in [0, 0.1) is 11.7 Å². The van der Waals surface area contributed by atoms with Gasteiger partial charge in [0.15, 0.2) is 5.72 Å². The summed E-state index contributed by atoms with van der Waals surface area (Å²) in [4.78, 5) is 29.9. The molecule has 0 radical (unpaired) electrons. The van der Waals surface area contributed by atoms with Crippen molar-refractivity contribution in [1.29, 1.82) is 0 Å². The van der Waals surface area contributed by atoms with E-state index in [2.05, 4.69) is 0 Å². The Kier molecular flexibility index (Phi) is 8.92. The molecule has 2 aliphatic rings. The van der Waals surface area contributed by atoms with Gasteiger partial charge in [-0.15, -0.1) is 0 Å². The Balaban J connectivity index is 1.62. The first kappa shape index (κ1) is 27.9. The molecule has 7 nitrogen and oxygen atoms in total. The predicted molar refractivity (Wildman–Crippen MR) is 145 cm³/mol. The molecule has 0 bridgehead atoms. The van der Waals surface area contributed by atoms with Crippen LogP contribution in [0.1, 0.15) is 59.3 Å². The lowest BCUT2D eigenvalue weighted by atomic mass is 9.79. The number of piperidine rings is 1. The Morgan fingerprint density at radius 2 is 1.76 bits per heavy atom. The molecule has 3 unspecified atom stereocenters. The van der Waals surface area contributed by atoms with Gasteiger partial charge in [-0.25, -0.2) is 9.18 Å². The van der Waals surface area contributed by atoms with Crippen molar-refractivity contribution in [3.05, 3.63) is 54.3 Å². The summed E-state index contributed by atoms with van der Waals surface area (Å²) >= 11 is 0. The van der Waals surface area contributed by atoms with Crippen LogP contribution in [0.15, 0.2) is 48.5 Å². The molecule has 8 heteroatoms. The summed E-state index contributed by atoms with van der Waals surface area (Å²) in [6.45, 7) is 7.62. The lowest BCUT2D eigenvalue weighted by Gasteiger charge is -2.51. The number of halogens is 1. The second-order valence-corrected chi connectivity index (χ2v) is 10.6. The van der Waals surface area contributed by atoms with Gasteiger partial charge < -0.3 is 20.1 Å². The number of amides is 2. The number of benzene rings is 2. The number of likely N-dealkylation sites (tertiary alicyclic amines) is 2. The zero-order valence-corrected chi connectivity index (χ0v) is 22.7. The third-order valence-electron chi connectivity index (χ3n) is 7.67. The molecule has 2 saturated heterocycles. The maximum absolute atomic E-state index is 13.7. The second kappa shape index (κ2) is 12.2. The molecule has 0 saturated carbocycles. The molecule has 2 heterocycles. The van der Waals surface area contributed by atoms with Crippen LogP contribution in [-0.2, 0) is 9.53 Å². The minimum atomic E-state index is -1.02. The Morgan fingerprint density at radius 3 is 2.39 bits per heavy atom. The molecule has 206 valence electrons. The highest BCUT2D eigenvalue weighted by molar-refractivity contribution is 5.82. The molecular weight excluding hydrogens is 485 g/mol. The molecular formula is C30H40FN3O4. The number of carbonyl (C=O) groups excluding carboxylic acids is 2. The number of rotatable bonds is 8. The lowest BCUT2D eigenvalue weighted by Crippen LogP contribution is -2.64. The third-order valence-corrected chi connectivity index (χ3v) is 7.67. The molecule has 0 aliphatic carbocycles. The number of ether oxygens (including phenoxy) is 2. The summed E-state index contributed by atoms with van der Waals surface area (Å²) in [6.07, 6.45) is 3.77. The van der Waals surface area contributed by atoms with Gasteiger partial charge in [0.2, 0.25) is 5.91 Å². The van der Waals surface area contributed by atoms with Gasteiger partial charge >= 0.3 is 6.09 Å². The van der Waals surface area contributed by atoms with Crippen LogP contribution in [0.4, 0.5) is 9.18 Å². The van der Waals surface area contributed by atoms with Gasteiger partial charge in [-0.05, 0) is 81.3 Å². The molecule has 2 aliphatic heterocycles. The molecule has 4 rings (SSSR count). The Bertz CT molecular complexity index is 1100. The van der Waals surface area contributed by atoms with Gasteiger partial charge in [0.1, 0.15) is 11.6 Å². The highest BCUT2D eigenvalue weighted by atomic mass is 19.1. The van der Waals surface area contributed by atoms with Crippen LogP contribution >= 0.6 is 0 Å². The molecule has 2 N–H and O–H groups in total. The molecule has 2 aromatic carbocycles. The van der Waals surface area contributed by atoms with E-state index in [4.69, 9.17) is 15.2 Å². The zero-order chi connectivity index (χ0) is 27.3. The van der Waals surface area contributed by atoms with Crippen molar-refractivity contribution >= 4 is 12.0 Å². The van der Waals surface area contributed by atoms with Gasteiger partial charge in [0.25, 0.3) is 0 Å². The van der Waals surface area contributed by atoms with E-state index >= 15 is 0 Å². The van der Waals surface area contributed by atoms with Crippen molar-refractivity contribution in [2.75, 3.05) is 19.6 Å². The fourth-order valence-electron chi connectivity index (χ4n) is 5.80. The molecule has 0 spiro atoms. The van der Waals surface area contributed by atoms with Crippen LogP contribution in [-0.4, -0.2) is 59.3 Å². The lowest BCUT2D eigenvalue weighted by molar-refractivity contribution is -0.148.